The van der Waals surface area contributed by atoms with Crippen molar-refractivity contribution in [2.75, 3.05) is 0 Å². The second kappa shape index (κ2) is 5.61. The maximum Gasteiger partial charge on any atom is 0.228 e. The standard InChI is InChI=1S/C14H17BrFN3O/c1-14(2,3)11(17)7-12-18-13(19-20-12)8-4-9(15)6-10(16)5-8/h4-6,11H,7,17H2,1-3H3. The van der Waals surface area contributed by atoms with Crippen LogP contribution in [0.5, 0.6) is 0 Å². The minimum atomic E-state index is -0.355. The van der Waals surface area contributed by atoms with E-state index in [1.807, 2.05) is 0 Å². The van der Waals surface area contributed by atoms with Gasteiger partial charge in [0.2, 0.25) is 11.7 Å². The van der Waals surface area contributed by atoms with Crippen molar-refractivity contribution in [2.24, 2.45) is 11.1 Å². The summed E-state index contributed by atoms with van der Waals surface area (Å²) in [5.41, 5.74) is 6.60. The SMILES string of the molecule is CC(C)(C)C(N)Cc1nc(-c2cc(F)cc(Br)c2)no1. The maximum atomic E-state index is 13.4. The Morgan fingerprint density at radius 3 is 2.65 bits per heavy atom. The minimum Gasteiger partial charge on any atom is -0.339 e. The van der Waals surface area contributed by atoms with Crippen molar-refractivity contribution in [2.45, 2.75) is 33.2 Å². The van der Waals surface area contributed by atoms with Gasteiger partial charge in [-0.3, -0.25) is 0 Å². The molecule has 0 fully saturated rings. The van der Waals surface area contributed by atoms with Crippen LogP contribution in [0.25, 0.3) is 11.4 Å². The van der Waals surface area contributed by atoms with Gasteiger partial charge in [-0.1, -0.05) is 41.9 Å². The van der Waals surface area contributed by atoms with Crippen LogP contribution in [0.4, 0.5) is 4.39 Å². The molecule has 2 aromatic rings. The van der Waals surface area contributed by atoms with Crippen LogP contribution in [-0.4, -0.2) is 16.2 Å². The zero-order valence-electron chi connectivity index (χ0n) is 11.7. The lowest BCUT2D eigenvalue weighted by Crippen LogP contribution is -2.36. The third kappa shape index (κ3) is 3.64. The fourth-order valence-electron chi connectivity index (χ4n) is 1.63. The van der Waals surface area contributed by atoms with Crippen molar-refractivity contribution in [3.05, 3.63) is 34.4 Å². The first kappa shape index (κ1) is 15.1. The summed E-state index contributed by atoms with van der Waals surface area (Å²) in [6.45, 7) is 6.16. The second-order valence-corrected chi connectivity index (χ2v) is 6.76. The zero-order valence-corrected chi connectivity index (χ0v) is 13.2. The number of rotatable bonds is 3. The Kier molecular flexibility index (Phi) is 4.25. The van der Waals surface area contributed by atoms with Crippen molar-refractivity contribution < 1.29 is 8.91 Å². The first-order valence-corrected chi connectivity index (χ1v) is 7.09. The Bertz CT molecular complexity index is 586. The van der Waals surface area contributed by atoms with Crippen LogP contribution in [0.3, 0.4) is 0 Å². The highest BCUT2D eigenvalue weighted by Crippen LogP contribution is 2.24. The molecule has 0 saturated carbocycles. The summed E-state index contributed by atoms with van der Waals surface area (Å²) in [6, 6.07) is 4.39. The Hall–Kier alpha value is -1.27. The van der Waals surface area contributed by atoms with E-state index in [2.05, 4.69) is 46.8 Å². The Morgan fingerprint density at radius 2 is 2.05 bits per heavy atom. The summed E-state index contributed by atoms with van der Waals surface area (Å²) in [5, 5.41) is 3.87. The van der Waals surface area contributed by atoms with Crippen molar-refractivity contribution >= 4 is 15.9 Å². The molecule has 1 heterocycles. The lowest BCUT2D eigenvalue weighted by atomic mass is 9.85. The van der Waals surface area contributed by atoms with E-state index in [0.29, 0.717) is 28.2 Å². The van der Waals surface area contributed by atoms with Crippen LogP contribution in [-0.2, 0) is 6.42 Å². The van der Waals surface area contributed by atoms with Crippen molar-refractivity contribution in [3.8, 4) is 11.4 Å². The molecule has 2 N–H and O–H groups in total. The van der Waals surface area contributed by atoms with Crippen LogP contribution < -0.4 is 5.73 Å². The van der Waals surface area contributed by atoms with Crippen LogP contribution in [0.15, 0.2) is 27.2 Å². The zero-order chi connectivity index (χ0) is 14.9. The third-order valence-electron chi connectivity index (χ3n) is 3.10. The summed E-state index contributed by atoms with van der Waals surface area (Å²) in [6.07, 6.45) is 0.493. The van der Waals surface area contributed by atoms with E-state index >= 15 is 0 Å². The summed E-state index contributed by atoms with van der Waals surface area (Å²) in [5.74, 6) is 0.469. The smallest absolute Gasteiger partial charge is 0.228 e. The van der Waals surface area contributed by atoms with Gasteiger partial charge in [-0.2, -0.15) is 4.98 Å². The third-order valence-corrected chi connectivity index (χ3v) is 3.55. The van der Waals surface area contributed by atoms with Gasteiger partial charge >= 0.3 is 0 Å². The number of hydrogen-bond donors (Lipinski definition) is 1. The topological polar surface area (TPSA) is 64.9 Å². The summed E-state index contributed by atoms with van der Waals surface area (Å²) in [7, 11) is 0. The van der Waals surface area contributed by atoms with Gasteiger partial charge in [-0.25, -0.2) is 4.39 Å². The molecule has 0 spiro atoms. The van der Waals surface area contributed by atoms with Gasteiger partial charge in [0, 0.05) is 22.5 Å². The number of nitrogens with two attached hydrogens (primary N) is 1. The van der Waals surface area contributed by atoms with Crippen LogP contribution in [0.1, 0.15) is 26.7 Å². The van der Waals surface area contributed by atoms with Gasteiger partial charge in [0.15, 0.2) is 0 Å². The number of benzene rings is 1. The largest absolute Gasteiger partial charge is 0.339 e. The predicted molar refractivity (Wildman–Crippen MR) is 78.5 cm³/mol. The van der Waals surface area contributed by atoms with E-state index in [1.54, 1.807) is 6.07 Å². The molecule has 1 aromatic carbocycles. The average molecular weight is 342 g/mol. The van der Waals surface area contributed by atoms with E-state index in [9.17, 15) is 4.39 Å². The molecule has 4 nitrogen and oxygen atoms in total. The molecular weight excluding hydrogens is 325 g/mol. The molecule has 20 heavy (non-hydrogen) atoms. The molecule has 1 atom stereocenters. The van der Waals surface area contributed by atoms with Gasteiger partial charge in [-0.15, -0.1) is 0 Å². The lowest BCUT2D eigenvalue weighted by Gasteiger charge is -2.25. The van der Waals surface area contributed by atoms with E-state index in [1.165, 1.54) is 12.1 Å². The van der Waals surface area contributed by atoms with E-state index in [0.717, 1.165) is 0 Å². The van der Waals surface area contributed by atoms with E-state index in [4.69, 9.17) is 10.3 Å². The molecule has 2 rings (SSSR count). The maximum absolute atomic E-state index is 13.4. The Morgan fingerprint density at radius 1 is 1.35 bits per heavy atom. The normalized spacial score (nSPS) is 13.5. The molecule has 1 aromatic heterocycles. The summed E-state index contributed by atoms with van der Waals surface area (Å²) in [4.78, 5) is 4.27. The molecule has 0 radical (unpaired) electrons. The first-order chi connectivity index (χ1) is 9.25. The molecule has 0 amide bonds. The molecule has 108 valence electrons. The average Bonchev–Trinajstić information content (AvgIpc) is 2.75. The fourth-order valence-corrected chi connectivity index (χ4v) is 2.10. The first-order valence-electron chi connectivity index (χ1n) is 6.30. The monoisotopic (exact) mass is 341 g/mol. The second-order valence-electron chi connectivity index (χ2n) is 5.85. The molecular formula is C14H17BrFN3O. The minimum absolute atomic E-state index is 0.0451. The van der Waals surface area contributed by atoms with Crippen molar-refractivity contribution in [1.82, 2.24) is 10.1 Å². The molecule has 6 heteroatoms. The van der Waals surface area contributed by atoms with Gasteiger partial charge < -0.3 is 10.3 Å². The molecule has 0 bridgehead atoms. The predicted octanol–water partition coefficient (Wildman–Crippen LogP) is 3.55. The fraction of sp³-hybridized carbons (Fsp3) is 0.429. The van der Waals surface area contributed by atoms with Gasteiger partial charge in [0.1, 0.15) is 5.82 Å². The summed E-state index contributed by atoms with van der Waals surface area (Å²) >= 11 is 3.24. The molecule has 0 aliphatic heterocycles. The van der Waals surface area contributed by atoms with Crippen molar-refractivity contribution in [3.63, 3.8) is 0 Å². The van der Waals surface area contributed by atoms with Crippen LogP contribution in [0, 0.1) is 11.2 Å². The van der Waals surface area contributed by atoms with Crippen LogP contribution in [0.2, 0.25) is 0 Å². The highest BCUT2D eigenvalue weighted by Gasteiger charge is 2.23. The highest BCUT2D eigenvalue weighted by atomic mass is 79.9. The molecule has 0 aliphatic carbocycles. The van der Waals surface area contributed by atoms with E-state index < -0.39 is 0 Å². The van der Waals surface area contributed by atoms with Gasteiger partial charge in [0.25, 0.3) is 0 Å². The number of aromatic nitrogens is 2. The summed E-state index contributed by atoms with van der Waals surface area (Å²) < 4.78 is 19.2. The van der Waals surface area contributed by atoms with Gasteiger partial charge in [0.05, 0.1) is 0 Å². The number of halogens is 2. The van der Waals surface area contributed by atoms with E-state index in [-0.39, 0.29) is 17.3 Å². The Labute approximate surface area is 125 Å². The van der Waals surface area contributed by atoms with Crippen LogP contribution >= 0.6 is 15.9 Å². The highest BCUT2D eigenvalue weighted by molar-refractivity contribution is 9.10. The number of nitrogens with zero attached hydrogens (tertiary/aromatic N) is 2. The Balaban J connectivity index is 2.21. The quantitative estimate of drug-likeness (QED) is 0.926. The molecule has 0 saturated heterocycles. The number of hydrogen-bond acceptors (Lipinski definition) is 4. The van der Waals surface area contributed by atoms with Gasteiger partial charge in [-0.05, 0) is 23.6 Å². The molecule has 1 unspecified atom stereocenters. The van der Waals surface area contributed by atoms with Crippen molar-refractivity contribution in [1.29, 1.82) is 0 Å². The lowest BCUT2D eigenvalue weighted by molar-refractivity contribution is 0.286. The molecule has 0 aliphatic rings.